The predicted octanol–water partition coefficient (Wildman–Crippen LogP) is 4.12. The van der Waals surface area contributed by atoms with Crippen LogP contribution in [0.1, 0.15) is 35.2 Å². The van der Waals surface area contributed by atoms with Crippen LogP contribution in [0.4, 0.5) is 14.9 Å². The van der Waals surface area contributed by atoms with Gasteiger partial charge in [0, 0.05) is 24.3 Å². The van der Waals surface area contributed by atoms with Gasteiger partial charge in [-0.2, -0.15) is 0 Å². The van der Waals surface area contributed by atoms with Crippen LogP contribution in [0, 0.1) is 0 Å². The number of carbonyl (C=O) groups is 3. The monoisotopic (exact) mass is 585 g/mol. The fourth-order valence-corrected chi connectivity index (χ4v) is 6.20. The van der Waals surface area contributed by atoms with Gasteiger partial charge < -0.3 is 15.5 Å². The molecule has 0 spiro atoms. The highest BCUT2D eigenvalue weighted by Crippen LogP contribution is 2.29. The van der Waals surface area contributed by atoms with Crippen LogP contribution in [0.2, 0.25) is 0 Å². The summed E-state index contributed by atoms with van der Waals surface area (Å²) in [6.45, 7) is 7.42. The number of nitrogens with zero attached hydrogens (tertiary/aromatic N) is 2. The zero-order valence-electron chi connectivity index (χ0n) is 22.0. The van der Waals surface area contributed by atoms with Crippen LogP contribution in [0.25, 0.3) is 0 Å². The van der Waals surface area contributed by atoms with Gasteiger partial charge in [0.15, 0.2) is 11.0 Å². The molecule has 12 heteroatoms. The normalized spacial score (nSPS) is 17.0. The summed E-state index contributed by atoms with van der Waals surface area (Å²) in [6.07, 6.45) is 6.97. The molecule has 2 aliphatic heterocycles. The maximum atomic E-state index is 15.2. The van der Waals surface area contributed by atoms with Crippen molar-refractivity contribution in [3.63, 3.8) is 0 Å². The highest BCUT2D eigenvalue weighted by Gasteiger charge is 2.34. The third kappa shape index (κ3) is 7.52. The Labute approximate surface area is 239 Å². The van der Waals surface area contributed by atoms with Crippen molar-refractivity contribution in [2.24, 2.45) is 0 Å². The van der Waals surface area contributed by atoms with Gasteiger partial charge in [-0.15, -0.1) is 11.3 Å². The Morgan fingerprint density at radius 2 is 2.00 bits per heavy atom. The van der Waals surface area contributed by atoms with Gasteiger partial charge in [0.1, 0.15) is 10.0 Å². The standard InChI is InChI=1S/C28H32FN5O4S2/c1-2-7-24(23(29)11-13-31-28(37)32-40(38)26-8-5-17-39-26)34-25(35)19-20-18-21(9-10-22(20)27(34)36)30-12-6-16-33-14-3-4-15-33/h2,5,7-11,17-18,30H,1,3-4,6,12-16,19H2,(H2,31,32,37)/b23-11+,24-7+. The largest absolute Gasteiger partial charge is 0.385 e. The first-order valence-electron chi connectivity index (χ1n) is 13.0. The van der Waals surface area contributed by atoms with Crippen molar-refractivity contribution in [3.8, 4) is 0 Å². The van der Waals surface area contributed by atoms with Gasteiger partial charge in [-0.1, -0.05) is 18.7 Å². The van der Waals surface area contributed by atoms with E-state index in [0.717, 1.165) is 49.3 Å². The number of nitrogens with one attached hydrogen (secondary N) is 3. The summed E-state index contributed by atoms with van der Waals surface area (Å²) < 4.78 is 30.0. The molecule has 2 aliphatic rings. The second-order valence-corrected chi connectivity index (χ2v) is 11.7. The second-order valence-electron chi connectivity index (χ2n) is 9.26. The van der Waals surface area contributed by atoms with Crippen LogP contribution >= 0.6 is 11.3 Å². The summed E-state index contributed by atoms with van der Waals surface area (Å²) in [6, 6.07) is 7.79. The molecule has 0 radical (unpaired) electrons. The van der Waals surface area contributed by atoms with Crippen molar-refractivity contribution < 1.29 is 23.0 Å². The van der Waals surface area contributed by atoms with Crippen LogP contribution < -0.4 is 15.4 Å². The third-order valence-electron chi connectivity index (χ3n) is 6.48. The number of carbonyl (C=O) groups excluding carboxylic acids is 3. The molecule has 1 aromatic heterocycles. The molecule has 1 saturated heterocycles. The highest BCUT2D eigenvalue weighted by molar-refractivity contribution is 7.86. The first kappa shape index (κ1) is 29.4. The van der Waals surface area contributed by atoms with Crippen molar-refractivity contribution >= 4 is 45.9 Å². The van der Waals surface area contributed by atoms with Gasteiger partial charge in [-0.05, 0) is 86.3 Å². The maximum absolute atomic E-state index is 15.2. The zero-order chi connectivity index (χ0) is 28.5. The molecule has 2 aromatic rings. The number of fused-ring (bicyclic) bond motifs is 1. The highest BCUT2D eigenvalue weighted by atomic mass is 32.2. The van der Waals surface area contributed by atoms with E-state index in [1.165, 1.54) is 36.3 Å². The molecule has 1 aromatic carbocycles. The van der Waals surface area contributed by atoms with Crippen molar-refractivity contribution in [1.82, 2.24) is 19.8 Å². The molecule has 3 heterocycles. The molecule has 9 nitrogen and oxygen atoms in total. The number of hydrogen-bond donors (Lipinski definition) is 3. The first-order valence-corrected chi connectivity index (χ1v) is 15.0. The third-order valence-corrected chi connectivity index (χ3v) is 8.75. The van der Waals surface area contributed by atoms with Gasteiger partial charge in [-0.3, -0.25) is 14.3 Å². The molecule has 4 amide bonds. The van der Waals surface area contributed by atoms with Crippen LogP contribution in [0.5, 0.6) is 0 Å². The quantitative estimate of drug-likeness (QED) is 0.196. The lowest BCUT2D eigenvalue weighted by molar-refractivity contribution is -0.126. The molecule has 0 saturated carbocycles. The SMILES string of the molecule is C=C/C=C(\C(F)=C/CNC(=O)NS(=O)c1cccs1)N1C(=O)Cc2cc(NCCCN3CCCC3)ccc2C1=O. The first-order chi connectivity index (χ1) is 19.4. The molecule has 40 heavy (non-hydrogen) atoms. The van der Waals surface area contributed by atoms with E-state index in [4.69, 9.17) is 0 Å². The number of likely N-dealkylation sites (tertiary alicyclic amines) is 1. The number of thiophene rings is 1. The second kappa shape index (κ2) is 14.1. The van der Waals surface area contributed by atoms with Crippen LogP contribution in [0.3, 0.4) is 0 Å². The molecular formula is C28H32FN5O4S2. The Bertz CT molecular complexity index is 1340. The topological polar surface area (TPSA) is 111 Å². The minimum atomic E-state index is -1.73. The van der Waals surface area contributed by atoms with Gasteiger partial charge in [-0.25, -0.2) is 18.3 Å². The summed E-state index contributed by atoms with van der Waals surface area (Å²) in [5, 5.41) is 7.47. The smallest absolute Gasteiger partial charge is 0.327 e. The summed E-state index contributed by atoms with van der Waals surface area (Å²) in [5.74, 6) is -2.10. The minimum absolute atomic E-state index is 0.0681. The Morgan fingerprint density at radius 3 is 2.73 bits per heavy atom. The molecule has 1 atom stereocenters. The average molecular weight is 586 g/mol. The van der Waals surface area contributed by atoms with E-state index in [1.54, 1.807) is 35.7 Å². The fraction of sp³-hybridized carbons (Fsp3) is 0.321. The van der Waals surface area contributed by atoms with E-state index >= 15 is 4.39 Å². The van der Waals surface area contributed by atoms with Crippen LogP contribution in [-0.2, 0) is 22.2 Å². The molecule has 0 bridgehead atoms. The number of anilines is 1. The molecule has 1 fully saturated rings. The van der Waals surface area contributed by atoms with Crippen LogP contribution in [-0.4, -0.2) is 64.6 Å². The van der Waals surface area contributed by atoms with Crippen LogP contribution in [0.15, 0.2) is 76.3 Å². The zero-order valence-corrected chi connectivity index (χ0v) is 23.6. The van der Waals surface area contributed by atoms with E-state index in [-0.39, 0.29) is 18.7 Å². The van der Waals surface area contributed by atoms with E-state index < -0.39 is 34.7 Å². The van der Waals surface area contributed by atoms with Crippen molar-refractivity contribution in [3.05, 3.63) is 83.2 Å². The number of allylic oxidation sites excluding steroid dienone is 3. The Hall–Kier alpha value is -3.61. The van der Waals surface area contributed by atoms with Gasteiger partial charge in [0.2, 0.25) is 5.91 Å². The maximum Gasteiger partial charge on any atom is 0.327 e. The van der Waals surface area contributed by atoms with E-state index in [2.05, 4.69) is 26.8 Å². The average Bonchev–Trinajstić information content (AvgIpc) is 3.65. The lowest BCUT2D eigenvalue weighted by Gasteiger charge is -2.28. The summed E-state index contributed by atoms with van der Waals surface area (Å²) in [7, 11) is -1.73. The molecule has 212 valence electrons. The summed E-state index contributed by atoms with van der Waals surface area (Å²) >= 11 is 1.23. The number of rotatable bonds is 12. The van der Waals surface area contributed by atoms with Gasteiger partial charge in [0.05, 0.1) is 12.1 Å². The molecule has 0 aliphatic carbocycles. The van der Waals surface area contributed by atoms with Gasteiger partial charge >= 0.3 is 6.03 Å². The number of imide groups is 1. The number of amides is 4. The number of hydrogen-bond acceptors (Lipinski definition) is 7. The summed E-state index contributed by atoms with van der Waals surface area (Å²) in [4.78, 5) is 41.6. The van der Waals surface area contributed by atoms with E-state index in [9.17, 15) is 18.6 Å². The van der Waals surface area contributed by atoms with Gasteiger partial charge in [0.25, 0.3) is 5.91 Å². The Morgan fingerprint density at radius 1 is 1.20 bits per heavy atom. The molecular weight excluding hydrogens is 553 g/mol. The molecule has 3 N–H and O–H groups in total. The lowest BCUT2D eigenvalue weighted by Crippen LogP contribution is -2.42. The lowest BCUT2D eigenvalue weighted by atomic mass is 9.97. The van der Waals surface area contributed by atoms with E-state index in [1.807, 2.05) is 0 Å². The minimum Gasteiger partial charge on any atom is -0.385 e. The molecule has 4 rings (SSSR count). The van der Waals surface area contributed by atoms with Crippen molar-refractivity contribution in [2.75, 3.05) is 38.0 Å². The van der Waals surface area contributed by atoms with E-state index in [0.29, 0.717) is 15.3 Å². The Balaban J connectivity index is 1.36. The number of benzene rings is 1. The van der Waals surface area contributed by atoms with Crippen molar-refractivity contribution in [1.29, 1.82) is 0 Å². The number of halogens is 1. The van der Waals surface area contributed by atoms with Crippen molar-refractivity contribution in [2.45, 2.75) is 29.9 Å². The predicted molar refractivity (Wildman–Crippen MR) is 155 cm³/mol. The molecule has 1 unspecified atom stereocenters. The Kier molecular flexibility index (Phi) is 10.4. The fourth-order valence-electron chi connectivity index (χ4n) is 4.57. The summed E-state index contributed by atoms with van der Waals surface area (Å²) in [5.41, 5.74) is 1.45. The number of urea groups is 1.